The van der Waals surface area contributed by atoms with Gasteiger partial charge >= 0.3 is 6.03 Å². The van der Waals surface area contributed by atoms with Crippen molar-refractivity contribution in [2.24, 2.45) is 5.92 Å². The van der Waals surface area contributed by atoms with Crippen molar-refractivity contribution in [3.8, 4) is 0 Å². The standard InChI is InChI=1S/C26H33N5O3S2/c1-4-5-22-27-24(23-20-11-8-18(3)16-21(20)35-25(23)28-22)30-12-14-31(15-13-30)26(32)29-36(33,34)19-9-6-17(2)7-10-19/h6-7,9-10,18H,4-5,8,11-16H2,1-3H3,(H,29,32). The van der Waals surface area contributed by atoms with Crippen LogP contribution < -0.4 is 9.62 Å². The van der Waals surface area contributed by atoms with Gasteiger partial charge in [0.1, 0.15) is 16.5 Å². The number of fused-ring (bicyclic) bond motifs is 3. The molecule has 0 bridgehead atoms. The molecule has 1 aliphatic heterocycles. The summed E-state index contributed by atoms with van der Waals surface area (Å²) >= 11 is 1.81. The Morgan fingerprint density at radius 2 is 1.86 bits per heavy atom. The fourth-order valence-electron chi connectivity index (χ4n) is 5.01. The highest BCUT2D eigenvalue weighted by Gasteiger charge is 2.30. The normalized spacial score (nSPS) is 18.4. The van der Waals surface area contributed by atoms with Crippen LogP contribution in [0.15, 0.2) is 29.2 Å². The van der Waals surface area contributed by atoms with Gasteiger partial charge in [-0.25, -0.2) is 27.9 Å². The van der Waals surface area contributed by atoms with Crippen molar-refractivity contribution in [1.29, 1.82) is 0 Å². The third-order valence-corrected chi connectivity index (χ3v) is 9.56. The molecule has 0 spiro atoms. The molecule has 1 aromatic carbocycles. The fourth-order valence-corrected chi connectivity index (χ4v) is 7.37. The molecule has 1 atom stereocenters. The minimum Gasteiger partial charge on any atom is -0.352 e. The first-order chi connectivity index (χ1) is 17.2. The van der Waals surface area contributed by atoms with E-state index in [-0.39, 0.29) is 4.90 Å². The third kappa shape index (κ3) is 4.93. The summed E-state index contributed by atoms with van der Waals surface area (Å²) in [5.74, 6) is 2.54. The van der Waals surface area contributed by atoms with Crippen LogP contribution in [0.1, 0.15) is 48.5 Å². The smallest absolute Gasteiger partial charge is 0.331 e. The van der Waals surface area contributed by atoms with Gasteiger partial charge in [-0.15, -0.1) is 11.3 Å². The molecule has 2 aliphatic rings. The number of amides is 2. The van der Waals surface area contributed by atoms with Gasteiger partial charge in [0.05, 0.1) is 10.3 Å². The molecule has 0 radical (unpaired) electrons. The van der Waals surface area contributed by atoms with Crippen LogP contribution in [0.5, 0.6) is 0 Å². The minimum absolute atomic E-state index is 0.0865. The van der Waals surface area contributed by atoms with E-state index in [1.165, 1.54) is 34.4 Å². The molecule has 36 heavy (non-hydrogen) atoms. The number of anilines is 1. The number of hydrogen-bond acceptors (Lipinski definition) is 7. The van der Waals surface area contributed by atoms with E-state index in [4.69, 9.17) is 9.97 Å². The summed E-state index contributed by atoms with van der Waals surface area (Å²) in [6, 6.07) is 5.88. The predicted octanol–water partition coefficient (Wildman–Crippen LogP) is 4.30. The van der Waals surface area contributed by atoms with Crippen molar-refractivity contribution in [2.45, 2.75) is 57.8 Å². The number of aryl methyl sites for hydroxylation is 3. The highest BCUT2D eigenvalue weighted by molar-refractivity contribution is 7.90. The SMILES string of the molecule is CCCc1nc(N2CCN(C(=O)NS(=O)(=O)c3ccc(C)cc3)CC2)c2c3c(sc2n1)CC(C)CC3. The number of rotatable bonds is 5. The zero-order valence-corrected chi connectivity index (χ0v) is 22.7. The van der Waals surface area contributed by atoms with Crippen LogP contribution >= 0.6 is 11.3 Å². The maximum atomic E-state index is 12.8. The number of urea groups is 1. The first-order valence-corrected chi connectivity index (χ1v) is 15.0. The van der Waals surface area contributed by atoms with Gasteiger partial charge in [0.15, 0.2) is 0 Å². The van der Waals surface area contributed by atoms with Crippen LogP contribution in [0.2, 0.25) is 0 Å². The van der Waals surface area contributed by atoms with E-state index >= 15 is 0 Å². The monoisotopic (exact) mass is 527 g/mol. The second-order valence-electron chi connectivity index (χ2n) is 9.94. The van der Waals surface area contributed by atoms with E-state index in [1.807, 2.05) is 18.3 Å². The number of hydrogen-bond donors (Lipinski definition) is 1. The van der Waals surface area contributed by atoms with Gasteiger partial charge in [0, 0.05) is 37.5 Å². The van der Waals surface area contributed by atoms with Crippen LogP contribution in [-0.2, 0) is 29.3 Å². The molecule has 2 aromatic heterocycles. The lowest BCUT2D eigenvalue weighted by atomic mass is 9.89. The molecule has 2 amide bonds. The van der Waals surface area contributed by atoms with Gasteiger partial charge < -0.3 is 9.80 Å². The molecule has 1 fully saturated rings. The Bertz CT molecular complexity index is 1380. The molecule has 1 aliphatic carbocycles. The van der Waals surface area contributed by atoms with Crippen LogP contribution in [0.3, 0.4) is 0 Å². The average Bonchev–Trinajstić information content (AvgIpc) is 3.21. The molecule has 1 unspecified atom stereocenters. The lowest BCUT2D eigenvalue weighted by molar-refractivity contribution is 0.200. The topological polar surface area (TPSA) is 95.5 Å². The van der Waals surface area contributed by atoms with Crippen molar-refractivity contribution >= 4 is 43.4 Å². The summed E-state index contributed by atoms with van der Waals surface area (Å²) in [5.41, 5.74) is 2.36. The molecular formula is C26H33N5O3S2. The van der Waals surface area contributed by atoms with Crippen LogP contribution in [0, 0.1) is 12.8 Å². The van der Waals surface area contributed by atoms with Crippen LogP contribution in [0.4, 0.5) is 10.6 Å². The van der Waals surface area contributed by atoms with Gasteiger partial charge in [0.2, 0.25) is 0 Å². The summed E-state index contributed by atoms with van der Waals surface area (Å²) in [6.45, 7) is 8.37. The summed E-state index contributed by atoms with van der Waals surface area (Å²) in [6.07, 6.45) is 5.15. The molecule has 5 rings (SSSR count). The van der Waals surface area contributed by atoms with Gasteiger partial charge in [-0.3, -0.25) is 0 Å². The first-order valence-electron chi connectivity index (χ1n) is 12.7. The number of sulfonamides is 1. The van der Waals surface area contributed by atoms with Gasteiger partial charge in [0.25, 0.3) is 10.0 Å². The Hall–Kier alpha value is -2.72. The molecule has 10 heteroatoms. The number of carbonyl (C=O) groups excluding carboxylic acids is 1. The fraction of sp³-hybridized carbons (Fsp3) is 0.500. The lowest BCUT2D eigenvalue weighted by Gasteiger charge is -2.35. The molecule has 0 saturated carbocycles. The number of piperazine rings is 1. The first kappa shape index (κ1) is 25.0. The average molecular weight is 528 g/mol. The number of thiophene rings is 1. The van der Waals surface area contributed by atoms with E-state index in [2.05, 4.69) is 23.5 Å². The third-order valence-electron chi connectivity index (χ3n) is 7.08. The molecule has 3 aromatic rings. The van der Waals surface area contributed by atoms with Crippen molar-refractivity contribution in [3.05, 3.63) is 46.1 Å². The van der Waals surface area contributed by atoms with Crippen molar-refractivity contribution < 1.29 is 13.2 Å². The van der Waals surface area contributed by atoms with Gasteiger partial charge in [-0.2, -0.15) is 0 Å². The van der Waals surface area contributed by atoms with E-state index in [0.717, 1.165) is 47.7 Å². The second kappa shape index (κ2) is 9.97. The highest BCUT2D eigenvalue weighted by Crippen LogP contribution is 2.41. The number of nitrogens with one attached hydrogen (secondary N) is 1. The van der Waals surface area contributed by atoms with E-state index < -0.39 is 16.1 Å². The Morgan fingerprint density at radius 3 is 2.56 bits per heavy atom. The van der Waals surface area contributed by atoms with E-state index in [1.54, 1.807) is 17.0 Å². The quantitative estimate of drug-likeness (QED) is 0.532. The number of nitrogens with zero attached hydrogens (tertiary/aromatic N) is 4. The Labute approximate surface area is 216 Å². The molecule has 1 N–H and O–H groups in total. The zero-order chi connectivity index (χ0) is 25.4. The zero-order valence-electron chi connectivity index (χ0n) is 21.1. The molecule has 8 nitrogen and oxygen atoms in total. The molecular weight excluding hydrogens is 494 g/mol. The summed E-state index contributed by atoms with van der Waals surface area (Å²) in [5, 5.41) is 1.18. The number of benzene rings is 1. The summed E-state index contributed by atoms with van der Waals surface area (Å²) < 4.78 is 27.6. The predicted molar refractivity (Wildman–Crippen MR) is 143 cm³/mol. The van der Waals surface area contributed by atoms with E-state index in [0.29, 0.717) is 32.1 Å². The van der Waals surface area contributed by atoms with Crippen molar-refractivity contribution in [2.75, 3.05) is 31.1 Å². The highest BCUT2D eigenvalue weighted by atomic mass is 32.2. The molecule has 192 valence electrons. The van der Waals surface area contributed by atoms with Crippen molar-refractivity contribution in [3.63, 3.8) is 0 Å². The van der Waals surface area contributed by atoms with Crippen LogP contribution in [-0.4, -0.2) is 55.5 Å². The number of aromatic nitrogens is 2. The maximum Gasteiger partial charge on any atom is 0.331 e. The largest absolute Gasteiger partial charge is 0.352 e. The van der Waals surface area contributed by atoms with Gasteiger partial charge in [-0.1, -0.05) is 31.5 Å². The number of carbonyl (C=O) groups is 1. The lowest BCUT2D eigenvalue weighted by Crippen LogP contribution is -2.53. The second-order valence-corrected chi connectivity index (χ2v) is 12.7. The van der Waals surface area contributed by atoms with Crippen molar-refractivity contribution in [1.82, 2.24) is 19.6 Å². The summed E-state index contributed by atoms with van der Waals surface area (Å²) in [4.78, 5) is 29.1. The Kier molecular flexibility index (Phi) is 6.91. The van der Waals surface area contributed by atoms with Crippen LogP contribution in [0.25, 0.3) is 10.2 Å². The summed E-state index contributed by atoms with van der Waals surface area (Å²) in [7, 11) is -3.91. The molecule has 1 saturated heterocycles. The maximum absolute atomic E-state index is 12.8. The molecule has 3 heterocycles. The van der Waals surface area contributed by atoms with Gasteiger partial charge in [-0.05, 0) is 56.2 Å². The Balaban J connectivity index is 1.34. The Morgan fingerprint density at radius 1 is 1.14 bits per heavy atom. The van der Waals surface area contributed by atoms with E-state index in [9.17, 15) is 13.2 Å². The minimum atomic E-state index is -3.91.